The summed E-state index contributed by atoms with van der Waals surface area (Å²) in [4.78, 5) is 12.6. The SMILES string of the molecule is COc1c(C(C)C)cc(O)c2c1CC[C@H]1[C@@]2(C)CCC(=O)[C@@]1(C)CO. The molecule has 0 bridgehead atoms. The number of aromatic hydroxyl groups is 1. The van der Waals surface area contributed by atoms with Gasteiger partial charge in [0.1, 0.15) is 17.3 Å². The summed E-state index contributed by atoms with van der Waals surface area (Å²) in [5.41, 5.74) is 1.97. The molecule has 2 N–H and O–H groups in total. The number of carbonyl (C=O) groups excluding carboxylic acids is 1. The van der Waals surface area contributed by atoms with Crippen molar-refractivity contribution in [2.75, 3.05) is 13.7 Å². The van der Waals surface area contributed by atoms with E-state index >= 15 is 0 Å². The van der Waals surface area contributed by atoms with Gasteiger partial charge in [0.15, 0.2) is 0 Å². The molecule has 2 aliphatic rings. The topological polar surface area (TPSA) is 66.8 Å². The highest BCUT2D eigenvalue weighted by molar-refractivity contribution is 5.86. The lowest BCUT2D eigenvalue weighted by atomic mass is 9.49. The van der Waals surface area contributed by atoms with Gasteiger partial charge in [-0.2, -0.15) is 0 Å². The van der Waals surface area contributed by atoms with E-state index < -0.39 is 5.41 Å². The number of Topliss-reactive ketones (excluding diaryl/α,β-unsaturated/α-hetero) is 1. The van der Waals surface area contributed by atoms with Crippen LogP contribution < -0.4 is 4.74 Å². The molecule has 1 fully saturated rings. The molecule has 3 atom stereocenters. The molecule has 0 radical (unpaired) electrons. The second kappa shape index (κ2) is 6.01. The molecule has 0 unspecified atom stereocenters. The van der Waals surface area contributed by atoms with Crippen molar-refractivity contribution in [1.29, 1.82) is 0 Å². The molecule has 1 saturated carbocycles. The van der Waals surface area contributed by atoms with Crippen LogP contribution in [-0.4, -0.2) is 29.7 Å². The van der Waals surface area contributed by atoms with Gasteiger partial charge in [0.05, 0.1) is 19.1 Å². The van der Waals surface area contributed by atoms with Gasteiger partial charge >= 0.3 is 0 Å². The summed E-state index contributed by atoms with van der Waals surface area (Å²) in [6.07, 6.45) is 2.73. The van der Waals surface area contributed by atoms with Gasteiger partial charge < -0.3 is 14.9 Å². The number of benzene rings is 1. The van der Waals surface area contributed by atoms with Gasteiger partial charge in [-0.1, -0.05) is 27.7 Å². The van der Waals surface area contributed by atoms with Gasteiger partial charge in [0.2, 0.25) is 0 Å². The first-order chi connectivity index (χ1) is 11.7. The minimum absolute atomic E-state index is 0.0271. The lowest BCUT2D eigenvalue weighted by molar-refractivity contribution is -0.142. The molecule has 1 aromatic rings. The quantitative estimate of drug-likeness (QED) is 0.876. The molecule has 3 rings (SSSR count). The van der Waals surface area contributed by atoms with E-state index in [2.05, 4.69) is 20.8 Å². The summed E-state index contributed by atoms with van der Waals surface area (Å²) in [5, 5.41) is 20.9. The lowest BCUT2D eigenvalue weighted by Gasteiger charge is -2.54. The predicted molar refractivity (Wildman–Crippen MR) is 97.3 cm³/mol. The number of carbonyl (C=O) groups is 1. The molecule has 0 amide bonds. The van der Waals surface area contributed by atoms with Gasteiger partial charge in [0.25, 0.3) is 0 Å². The number of rotatable bonds is 3. The molecule has 0 spiro atoms. The molecule has 2 aliphatic carbocycles. The fourth-order valence-corrected chi connectivity index (χ4v) is 5.43. The van der Waals surface area contributed by atoms with Crippen molar-refractivity contribution in [1.82, 2.24) is 0 Å². The Morgan fingerprint density at radius 1 is 1.32 bits per heavy atom. The third-order valence-electron chi connectivity index (χ3n) is 6.84. The van der Waals surface area contributed by atoms with E-state index in [1.165, 1.54) is 0 Å². The van der Waals surface area contributed by atoms with Crippen LogP contribution in [0.25, 0.3) is 0 Å². The highest BCUT2D eigenvalue weighted by atomic mass is 16.5. The van der Waals surface area contributed by atoms with Crippen LogP contribution in [0.3, 0.4) is 0 Å². The normalized spacial score (nSPS) is 31.6. The van der Waals surface area contributed by atoms with E-state index in [0.717, 1.165) is 35.3 Å². The maximum Gasteiger partial charge on any atom is 0.141 e. The van der Waals surface area contributed by atoms with Crippen LogP contribution in [0.5, 0.6) is 11.5 Å². The van der Waals surface area contributed by atoms with Crippen LogP contribution in [0.4, 0.5) is 0 Å². The monoisotopic (exact) mass is 346 g/mol. The lowest BCUT2D eigenvalue weighted by Crippen LogP contribution is -2.55. The summed E-state index contributed by atoms with van der Waals surface area (Å²) >= 11 is 0. The number of ketones is 1. The van der Waals surface area contributed by atoms with Gasteiger partial charge in [0, 0.05) is 28.5 Å². The van der Waals surface area contributed by atoms with Gasteiger partial charge in [-0.25, -0.2) is 0 Å². The summed E-state index contributed by atoms with van der Waals surface area (Å²) in [6, 6.07) is 1.84. The van der Waals surface area contributed by atoms with Crippen LogP contribution in [0.15, 0.2) is 6.07 Å². The molecule has 0 aromatic heterocycles. The summed E-state index contributed by atoms with van der Waals surface area (Å²) in [6.45, 7) is 8.09. The number of aliphatic hydroxyl groups excluding tert-OH is 1. The minimum atomic E-state index is -0.735. The van der Waals surface area contributed by atoms with Gasteiger partial charge in [-0.05, 0) is 37.2 Å². The van der Waals surface area contributed by atoms with Crippen molar-refractivity contribution < 1.29 is 19.7 Å². The molecule has 25 heavy (non-hydrogen) atoms. The van der Waals surface area contributed by atoms with E-state index in [1.54, 1.807) is 7.11 Å². The average molecular weight is 346 g/mol. The number of hydrogen-bond donors (Lipinski definition) is 2. The second-order valence-corrected chi connectivity index (χ2v) is 8.53. The predicted octanol–water partition coefficient (Wildman–Crippen LogP) is 3.71. The van der Waals surface area contributed by atoms with E-state index in [4.69, 9.17) is 4.74 Å². The van der Waals surface area contributed by atoms with Crippen molar-refractivity contribution in [3.8, 4) is 11.5 Å². The fourth-order valence-electron chi connectivity index (χ4n) is 5.43. The first-order valence-corrected chi connectivity index (χ1v) is 9.28. The zero-order chi connectivity index (χ0) is 18.6. The zero-order valence-electron chi connectivity index (χ0n) is 16.0. The second-order valence-electron chi connectivity index (χ2n) is 8.53. The molecule has 4 nitrogen and oxygen atoms in total. The minimum Gasteiger partial charge on any atom is -0.508 e. The Bertz CT molecular complexity index is 708. The summed E-state index contributed by atoms with van der Waals surface area (Å²) < 4.78 is 5.76. The Morgan fingerprint density at radius 2 is 2.00 bits per heavy atom. The molecule has 0 saturated heterocycles. The number of hydrogen-bond acceptors (Lipinski definition) is 4. The number of phenols is 1. The molecule has 0 heterocycles. The van der Waals surface area contributed by atoms with Crippen LogP contribution in [-0.2, 0) is 16.6 Å². The first-order valence-electron chi connectivity index (χ1n) is 9.28. The van der Waals surface area contributed by atoms with Crippen LogP contribution in [0.2, 0.25) is 0 Å². The van der Waals surface area contributed by atoms with E-state index in [1.807, 2.05) is 13.0 Å². The summed E-state index contributed by atoms with van der Waals surface area (Å²) in [7, 11) is 1.69. The number of aliphatic hydroxyl groups is 1. The van der Waals surface area contributed by atoms with Crippen LogP contribution in [0, 0.1) is 11.3 Å². The third-order valence-corrected chi connectivity index (χ3v) is 6.84. The maximum absolute atomic E-state index is 12.6. The summed E-state index contributed by atoms with van der Waals surface area (Å²) in [5.74, 6) is 1.61. The van der Waals surface area contributed by atoms with Crippen molar-refractivity contribution in [3.63, 3.8) is 0 Å². The van der Waals surface area contributed by atoms with E-state index in [0.29, 0.717) is 18.6 Å². The Morgan fingerprint density at radius 3 is 2.56 bits per heavy atom. The Balaban J connectivity index is 2.24. The van der Waals surface area contributed by atoms with Crippen molar-refractivity contribution in [3.05, 3.63) is 22.8 Å². The molecule has 1 aromatic carbocycles. The zero-order valence-corrected chi connectivity index (χ0v) is 16.0. The molecule has 0 aliphatic heterocycles. The molecular weight excluding hydrogens is 316 g/mol. The number of phenolic OH excluding ortho intramolecular Hbond substituents is 1. The number of fused-ring (bicyclic) bond motifs is 3. The van der Waals surface area contributed by atoms with Gasteiger partial charge in [-0.15, -0.1) is 0 Å². The highest BCUT2D eigenvalue weighted by Gasteiger charge is 2.56. The number of ether oxygens (including phenoxy) is 1. The highest BCUT2D eigenvalue weighted by Crippen LogP contribution is 2.59. The molecule has 4 heteroatoms. The van der Waals surface area contributed by atoms with E-state index in [-0.39, 0.29) is 29.6 Å². The third kappa shape index (κ3) is 2.41. The Kier molecular flexibility index (Phi) is 4.39. The van der Waals surface area contributed by atoms with Crippen molar-refractivity contribution in [2.24, 2.45) is 11.3 Å². The largest absolute Gasteiger partial charge is 0.508 e. The standard InChI is InChI=1S/C21H30O4/c1-12(2)14-10-15(23)18-13(19(14)25-5)6-7-16-20(18,3)9-8-17(24)21(16,4)11-22/h10,12,16,22-23H,6-9,11H2,1-5H3/t16-,20+,21-/m0/s1. The number of methoxy groups -OCH3 is 1. The van der Waals surface area contributed by atoms with E-state index in [9.17, 15) is 15.0 Å². The Hall–Kier alpha value is -1.55. The van der Waals surface area contributed by atoms with Crippen molar-refractivity contribution in [2.45, 2.75) is 64.7 Å². The van der Waals surface area contributed by atoms with Crippen molar-refractivity contribution >= 4 is 5.78 Å². The van der Waals surface area contributed by atoms with Gasteiger partial charge in [-0.3, -0.25) is 4.79 Å². The first kappa shape index (κ1) is 18.2. The smallest absolute Gasteiger partial charge is 0.141 e. The Labute approximate surface area is 150 Å². The fraction of sp³-hybridized carbons (Fsp3) is 0.667. The van der Waals surface area contributed by atoms with Crippen LogP contribution in [0.1, 0.15) is 69.6 Å². The molecular formula is C21H30O4. The van der Waals surface area contributed by atoms with Crippen LogP contribution >= 0.6 is 0 Å². The molecule has 138 valence electrons. The maximum atomic E-state index is 12.6. The average Bonchev–Trinajstić information content (AvgIpc) is 2.57.